The fourth-order valence-electron chi connectivity index (χ4n) is 2.71. The van der Waals surface area contributed by atoms with Crippen LogP contribution in [0.4, 0.5) is 5.82 Å². The summed E-state index contributed by atoms with van der Waals surface area (Å²) in [5, 5.41) is 19.5. The van der Waals surface area contributed by atoms with Crippen LogP contribution in [0.1, 0.15) is 23.0 Å². The molecule has 3 N–H and O–H groups in total. The molecule has 144 valence electrons. The molecule has 0 radical (unpaired) electrons. The number of nitrogens with zero attached hydrogens (tertiary/aromatic N) is 6. The first kappa shape index (κ1) is 18.0. The fourth-order valence-corrected chi connectivity index (χ4v) is 2.71. The molecule has 0 fully saturated rings. The van der Waals surface area contributed by atoms with Crippen LogP contribution in [-0.2, 0) is 0 Å². The van der Waals surface area contributed by atoms with Crippen molar-refractivity contribution < 1.29 is 9.42 Å². The predicted octanol–water partition coefficient (Wildman–Crippen LogP) is 2.05. The van der Waals surface area contributed by atoms with E-state index in [2.05, 4.69) is 35.8 Å². The molecule has 0 bridgehead atoms. The Kier molecular flexibility index (Phi) is 4.81. The van der Waals surface area contributed by atoms with Gasteiger partial charge in [-0.15, -0.1) is 5.10 Å². The topological polar surface area (TPSA) is 137 Å². The average Bonchev–Trinajstić information content (AvgIpc) is 3.39. The van der Waals surface area contributed by atoms with Gasteiger partial charge in [-0.05, 0) is 22.8 Å². The highest BCUT2D eigenvalue weighted by Gasteiger charge is 2.25. The molecule has 1 amide bonds. The zero-order valence-electron chi connectivity index (χ0n) is 15.4. The smallest absolute Gasteiger partial charge is 0.294 e. The Labute approximate surface area is 165 Å². The third-order valence-corrected chi connectivity index (χ3v) is 4.15. The molecule has 0 aliphatic carbocycles. The summed E-state index contributed by atoms with van der Waals surface area (Å²) in [5.74, 6) is -0.364. The number of nitrogen functional groups attached to an aromatic ring is 1. The van der Waals surface area contributed by atoms with Crippen molar-refractivity contribution in [3.05, 3.63) is 71.9 Å². The second kappa shape index (κ2) is 7.72. The molecule has 2 aromatic carbocycles. The molecule has 29 heavy (non-hydrogen) atoms. The van der Waals surface area contributed by atoms with E-state index < -0.39 is 5.91 Å². The second-order valence-corrected chi connectivity index (χ2v) is 6.04. The van der Waals surface area contributed by atoms with Gasteiger partial charge in [-0.1, -0.05) is 65.9 Å². The highest BCUT2D eigenvalue weighted by atomic mass is 16.6. The molecule has 0 saturated carbocycles. The standard InChI is InChI=1S/C19H16N8O2/c1-12(13-8-4-2-5-9-13)21-23-19(28)15-16(14-10-6-3-7-11-14)27(26-22-15)18-17(20)24-29-25-18/h2-11H,1H3,(H2,20,24)(H,23,28)/b21-12-. The van der Waals surface area contributed by atoms with Gasteiger partial charge in [0.2, 0.25) is 11.6 Å². The number of nitrogens with one attached hydrogen (secondary N) is 1. The van der Waals surface area contributed by atoms with Gasteiger partial charge in [-0.3, -0.25) is 4.79 Å². The maximum Gasteiger partial charge on any atom is 0.294 e. The van der Waals surface area contributed by atoms with Crippen molar-refractivity contribution in [1.29, 1.82) is 0 Å². The highest BCUT2D eigenvalue weighted by molar-refractivity contribution is 6.02. The van der Waals surface area contributed by atoms with Gasteiger partial charge in [-0.25, -0.2) is 10.1 Å². The second-order valence-electron chi connectivity index (χ2n) is 6.04. The van der Waals surface area contributed by atoms with E-state index in [0.717, 1.165) is 5.56 Å². The first-order chi connectivity index (χ1) is 14.1. The summed E-state index contributed by atoms with van der Waals surface area (Å²) in [7, 11) is 0. The van der Waals surface area contributed by atoms with Crippen LogP contribution >= 0.6 is 0 Å². The lowest BCUT2D eigenvalue weighted by molar-refractivity contribution is 0.0950. The van der Waals surface area contributed by atoms with Crippen molar-refractivity contribution in [3.8, 4) is 17.1 Å². The molecule has 2 heterocycles. The molecule has 0 spiro atoms. The van der Waals surface area contributed by atoms with Crippen LogP contribution in [0.15, 0.2) is 70.4 Å². The summed E-state index contributed by atoms with van der Waals surface area (Å²) in [5.41, 5.74) is 11.0. The van der Waals surface area contributed by atoms with Gasteiger partial charge in [0.1, 0.15) is 5.69 Å². The monoisotopic (exact) mass is 388 g/mol. The molecular weight excluding hydrogens is 372 g/mol. The summed E-state index contributed by atoms with van der Waals surface area (Å²) < 4.78 is 5.96. The van der Waals surface area contributed by atoms with Gasteiger partial charge in [0.05, 0.1) is 5.71 Å². The van der Waals surface area contributed by atoms with E-state index >= 15 is 0 Å². The van der Waals surface area contributed by atoms with E-state index in [4.69, 9.17) is 5.73 Å². The van der Waals surface area contributed by atoms with E-state index in [0.29, 0.717) is 17.0 Å². The largest absolute Gasteiger partial charge is 0.378 e. The summed E-state index contributed by atoms with van der Waals surface area (Å²) in [4.78, 5) is 12.8. The number of aromatic nitrogens is 5. The van der Waals surface area contributed by atoms with E-state index in [1.54, 1.807) is 6.92 Å². The number of benzene rings is 2. The third kappa shape index (κ3) is 3.58. The van der Waals surface area contributed by atoms with Crippen molar-refractivity contribution in [3.63, 3.8) is 0 Å². The molecule has 0 aliphatic rings. The average molecular weight is 388 g/mol. The molecule has 2 aromatic heterocycles. The number of hydrazone groups is 1. The van der Waals surface area contributed by atoms with Gasteiger partial charge in [0.15, 0.2) is 5.69 Å². The minimum atomic E-state index is -0.527. The molecule has 4 aromatic rings. The summed E-state index contributed by atoms with van der Waals surface area (Å²) in [6.07, 6.45) is 0. The lowest BCUT2D eigenvalue weighted by Crippen LogP contribution is -2.21. The highest BCUT2D eigenvalue weighted by Crippen LogP contribution is 2.26. The molecule has 4 rings (SSSR count). The first-order valence-corrected chi connectivity index (χ1v) is 8.64. The van der Waals surface area contributed by atoms with E-state index in [1.165, 1.54) is 4.68 Å². The van der Waals surface area contributed by atoms with Crippen LogP contribution in [-0.4, -0.2) is 36.9 Å². The number of rotatable bonds is 5. The van der Waals surface area contributed by atoms with E-state index in [1.807, 2.05) is 60.7 Å². The van der Waals surface area contributed by atoms with Crippen LogP contribution in [0.3, 0.4) is 0 Å². The predicted molar refractivity (Wildman–Crippen MR) is 105 cm³/mol. The number of anilines is 1. The van der Waals surface area contributed by atoms with Crippen LogP contribution in [0.5, 0.6) is 0 Å². The Balaban J connectivity index is 1.71. The van der Waals surface area contributed by atoms with Gasteiger partial charge in [0, 0.05) is 5.56 Å². The quantitative estimate of drug-likeness (QED) is 0.394. The van der Waals surface area contributed by atoms with Gasteiger partial charge >= 0.3 is 0 Å². The van der Waals surface area contributed by atoms with Gasteiger partial charge in [-0.2, -0.15) is 9.78 Å². The number of hydrogen-bond acceptors (Lipinski definition) is 8. The Bertz CT molecular complexity index is 1170. The van der Waals surface area contributed by atoms with Crippen molar-refractivity contribution in [2.24, 2.45) is 5.10 Å². The van der Waals surface area contributed by atoms with Crippen LogP contribution in [0, 0.1) is 0 Å². The van der Waals surface area contributed by atoms with Crippen molar-refractivity contribution in [1.82, 2.24) is 30.7 Å². The minimum absolute atomic E-state index is 0.0250. The summed E-state index contributed by atoms with van der Waals surface area (Å²) >= 11 is 0. The Morgan fingerprint density at radius 2 is 1.76 bits per heavy atom. The van der Waals surface area contributed by atoms with Crippen LogP contribution in [0.2, 0.25) is 0 Å². The van der Waals surface area contributed by atoms with Crippen molar-refractivity contribution >= 4 is 17.4 Å². The van der Waals surface area contributed by atoms with Crippen LogP contribution < -0.4 is 11.2 Å². The molecule has 0 atom stereocenters. The van der Waals surface area contributed by atoms with Gasteiger partial charge in [0.25, 0.3) is 5.91 Å². The third-order valence-electron chi connectivity index (χ3n) is 4.15. The molecule has 10 heteroatoms. The Morgan fingerprint density at radius 1 is 1.07 bits per heavy atom. The lowest BCUT2D eigenvalue weighted by Gasteiger charge is -2.06. The zero-order valence-corrected chi connectivity index (χ0v) is 15.4. The van der Waals surface area contributed by atoms with Crippen molar-refractivity contribution in [2.75, 3.05) is 5.73 Å². The number of hydrogen-bond donors (Lipinski definition) is 2. The Hall–Kier alpha value is -4.34. The first-order valence-electron chi connectivity index (χ1n) is 8.64. The fraction of sp³-hybridized carbons (Fsp3) is 0.0526. The maximum atomic E-state index is 12.8. The molecule has 0 unspecified atom stereocenters. The number of carbonyl (C=O) groups is 1. The van der Waals surface area contributed by atoms with Crippen molar-refractivity contribution in [2.45, 2.75) is 6.92 Å². The van der Waals surface area contributed by atoms with Crippen LogP contribution in [0.25, 0.3) is 17.1 Å². The number of amides is 1. The normalized spacial score (nSPS) is 11.4. The maximum absolute atomic E-state index is 12.8. The van der Waals surface area contributed by atoms with E-state index in [9.17, 15) is 4.79 Å². The zero-order chi connectivity index (χ0) is 20.2. The number of carbonyl (C=O) groups excluding carboxylic acids is 1. The number of nitrogens with two attached hydrogens (primary N) is 1. The molecule has 10 nitrogen and oxygen atoms in total. The Morgan fingerprint density at radius 3 is 2.41 bits per heavy atom. The minimum Gasteiger partial charge on any atom is -0.378 e. The SMILES string of the molecule is C/C(=N/NC(=O)c1nnn(-c2nonc2N)c1-c1ccccc1)c1ccccc1. The van der Waals surface area contributed by atoms with Gasteiger partial charge < -0.3 is 5.73 Å². The summed E-state index contributed by atoms with van der Waals surface area (Å²) in [6.45, 7) is 1.80. The molecular formula is C19H16N8O2. The summed E-state index contributed by atoms with van der Waals surface area (Å²) in [6, 6.07) is 18.6. The molecule has 0 aliphatic heterocycles. The lowest BCUT2D eigenvalue weighted by atomic mass is 10.1. The molecule has 0 saturated heterocycles. The van der Waals surface area contributed by atoms with E-state index in [-0.39, 0.29) is 17.3 Å².